The van der Waals surface area contributed by atoms with Crippen LogP contribution in [0, 0.1) is 6.92 Å². The Hall–Kier alpha value is -0.810. The van der Waals surface area contributed by atoms with E-state index in [4.69, 9.17) is 21.1 Å². The molecule has 1 fully saturated rings. The summed E-state index contributed by atoms with van der Waals surface area (Å²) in [5.41, 5.74) is 0.978. The van der Waals surface area contributed by atoms with Gasteiger partial charge in [-0.2, -0.15) is 0 Å². The van der Waals surface area contributed by atoms with Crippen molar-refractivity contribution in [2.45, 2.75) is 13.0 Å². The smallest absolute Gasteiger partial charge is 0.122 e. The van der Waals surface area contributed by atoms with Crippen LogP contribution >= 0.6 is 11.6 Å². The number of benzene rings is 1. The monoisotopic (exact) mass is 285 g/mol. The maximum absolute atomic E-state index is 9.97. The first-order valence-electron chi connectivity index (χ1n) is 6.52. The van der Waals surface area contributed by atoms with Crippen LogP contribution in [0.2, 0.25) is 5.02 Å². The Morgan fingerprint density at radius 2 is 2.16 bits per heavy atom. The first-order valence-corrected chi connectivity index (χ1v) is 6.90. The highest BCUT2D eigenvalue weighted by Crippen LogP contribution is 2.21. The number of rotatable bonds is 5. The normalized spacial score (nSPS) is 18.3. The molecule has 5 heteroatoms. The lowest BCUT2D eigenvalue weighted by atomic mass is 10.2. The minimum absolute atomic E-state index is 0.291. The number of halogens is 1. The molecule has 2 rings (SSSR count). The van der Waals surface area contributed by atoms with Crippen molar-refractivity contribution in [2.75, 3.05) is 39.5 Å². The molecule has 0 aromatic heterocycles. The lowest BCUT2D eigenvalue weighted by molar-refractivity contribution is 0.00460. The Morgan fingerprint density at radius 1 is 1.42 bits per heavy atom. The number of nitrogens with zero attached hydrogens (tertiary/aromatic N) is 1. The second-order valence-electron chi connectivity index (χ2n) is 4.79. The molecule has 4 nitrogen and oxygen atoms in total. The van der Waals surface area contributed by atoms with Crippen molar-refractivity contribution in [1.82, 2.24) is 4.90 Å². The van der Waals surface area contributed by atoms with Gasteiger partial charge < -0.3 is 14.6 Å². The number of aliphatic hydroxyl groups excluding tert-OH is 1. The van der Waals surface area contributed by atoms with Crippen LogP contribution in [0.5, 0.6) is 5.75 Å². The van der Waals surface area contributed by atoms with Gasteiger partial charge in [0.2, 0.25) is 0 Å². The molecule has 0 aliphatic carbocycles. The Balaban J connectivity index is 1.77. The van der Waals surface area contributed by atoms with Crippen molar-refractivity contribution in [1.29, 1.82) is 0 Å². The molecule has 1 aromatic rings. The molecule has 1 heterocycles. The van der Waals surface area contributed by atoms with E-state index < -0.39 is 6.10 Å². The van der Waals surface area contributed by atoms with E-state index in [0.29, 0.717) is 18.2 Å². The Labute approximate surface area is 118 Å². The average Bonchev–Trinajstić information content (AvgIpc) is 2.39. The summed E-state index contributed by atoms with van der Waals surface area (Å²) in [6.45, 7) is 6.08. The van der Waals surface area contributed by atoms with E-state index in [9.17, 15) is 5.11 Å². The van der Waals surface area contributed by atoms with E-state index in [1.807, 2.05) is 19.1 Å². The highest BCUT2D eigenvalue weighted by molar-refractivity contribution is 6.30. The van der Waals surface area contributed by atoms with Gasteiger partial charge in [0.25, 0.3) is 0 Å². The predicted octanol–water partition coefficient (Wildman–Crippen LogP) is 1.72. The molecule has 0 amide bonds. The maximum atomic E-state index is 9.97. The Bertz CT molecular complexity index is 408. The van der Waals surface area contributed by atoms with Gasteiger partial charge in [-0.1, -0.05) is 11.6 Å². The zero-order valence-corrected chi connectivity index (χ0v) is 11.9. The van der Waals surface area contributed by atoms with E-state index in [1.165, 1.54) is 0 Å². The Morgan fingerprint density at radius 3 is 2.84 bits per heavy atom. The van der Waals surface area contributed by atoms with Crippen molar-refractivity contribution in [3.8, 4) is 5.75 Å². The van der Waals surface area contributed by atoms with Gasteiger partial charge >= 0.3 is 0 Å². The number of aliphatic hydroxyl groups is 1. The standard InChI is InChI=1S/C14H20ClNO3/c1-11-8-12(15)2-3-14(11)19-10-13(17)9-16-4-6-18-7-5-16/h2-3,8,13,17H,4-7,9-10H2,1H3/t13-/m1/s1. The molecule has 19 heavy (non-hydrogen) atoms. The second kappa shape index (κ2) is 7.10. The van der Waals surface area contributed by atoms with Crippen LogP contribution in [-0.4, -0.2) is 55.6 Å². The van der Waals surface area contributed by atoms with Crippen molar-refractivity contribution in [3.63, 3.8) is 0 Å². The van der Waals surface area contributed by atoms with Crippen LogP contribution in [0.1, 0.15) is 5.56 Å². The molecule has 1 aliphatic rings. The summed E-state index contributed by atoms with van der Waals surface area (Å²) in [5, 5.41) is 10.7. The molecule has 1 atom stereocenters. The van der Waals surface area contributed by atoms with E-state index in [2.05, 4.69) is 4.90 Å². The fourth-order valence-electron chi connectivity index (χ4n) is 2.10. The van der Waals surface area contributed by atoms with Gasteiger partial charge in [-0.3, -0.25) is 4.90 Å². The van der Waals surface area contributed by atoms with Crippen LogP contribution in [0.15, 0.2) is 18.2 Å². The summed E-state index contributed by atoms with van der Waals surface area (Å²) in [6.07, 6.45) is -0.492. The average molecular weight is 286 g/mol. The van der Waals surface area contributed by atoms with Crippen LogP contribution in [0.25, 0.3) is 0 Å². The zero-order chi connectivity index (χ0) is 13.7. The van der Waals surface area contributed by atoms with E-state index >= 15 is 0 Å². The van der Waals surface area contributed by atoms with Crippen molar-refractivity contribution >= 4 is 11.6 Å². The van der Waals surface area contributed by atoms with Crippen molar-refractivity contribution in [3.05, 3.63) is 28.8 Å². The zero-order valence-electron chi connectivity index (χ0n) is 11.1. The van der Waals surface area contributed by atoms with E-state index in [-0.39, 0.29) is 0 Å². The lowest BCUT2D eigenvalue weighted by Gasteiger charge is -2.28. The molecule has 1 aromatic carbocycles. The van der Waals surface area contributed by atoms with Crippen LogP contribution in [0.3, 0.4) is 0 Å². The molecule has 0 saturated carbocycles. The summed E-state index contributed by atoms with van der Waals surface area (Å²) in [5.74, 6) is 0.769. The van der Waals surface area contributed by atoms with Crippen LogP contribution in [-0.2, 0) is 4.74 Å². The van der Waals surface area contributed by atoms with Gasteiger partial charge in [-0.25, -0.2) is 0 Å². The second-order valence-corrected chi connectivity index (χ2v) is 5.22. The number of β-amino-alcohol motifs (C(OH)–C–C–N with tert-alkyl or cyclic N) is 1. The van der Waals surface area contributed by atoms with Crippen molar-refractivity contribution in [2.24, 2.45) is 0 Å². The third-order valence-corrected chi connectivity index (χ3v) is 3.38. The van der Waals surface area contributed by atoms with Crippen molar-refractivity contribution < 1.29 is 14.6 Å². The summed E-state index contributed by atoms with van der Waals surface area (Å²) < 4.78 is 10.9. The van der Waals surface area contributed by atoms with E-state index in [0.717, 1.165) is 37.6 Å². The van der Waals surface area contributed by atoms with Gasteiger partial charge in [0.15, 0.2) is 0 Å². The molecule has 0 spiro atoms. The number of ether oxygens (including phenoxy) is 2. The van der Waals surface area contributed by atoms with Gasteiger partial charge in [0.1, 0.15) is 18.5 Å². The molecule has 0 bridgehead atoms. The van der Waals surface area contributed by atoms with Gasteiger partial charge in [0.05, 0.1) is 13.2 Å². The van der Waals surface area contributed by atoms with Crippen LogP contribution < -0.4 is 4.74 Å². The topological polar surface area (TPSA) is 41.9 Å². The minimum Gasteiger partial charge on any atom is -0.491 e. The summed E-state index contributed by atoms with van der Waals surface area (Å²) in [6, 6.07) is 5.47. The minimum atomic E-state index is -0.492. The van der Waals surface area contributed by atoms with Gasteiger partial charge in [-0.05, 0) is 30.7 Å². The van der Waals surface area contributed by atoms with E-state index in [1.54, 1.807) is 6.07 Å². The fourth-order valence-corrected chi connectivity index (χ4v) is 2.32. The maximum Gasteiger partial charge on any atom is 0.122 e. The molecular weight excluding hydrogens is 266 g/mol. The third-order valence-electron chi connectivity index (χ3n) is 3.14. The first-order chi connectivity index (χ1) is 9.15. The quantitative estimate of drug-likeness (QED) is 0.894. The third kappa shape index (κ3) is 4.66. The molecule has 106 valence electrons. The lowest BCUT2D eigenvalue weighted by Crippen LogP contribution is -2.42. The molecular formula is C14H20ClNO3. The number of hydrogen-bond donors (Lipinski definition) is 1. The molecule has 1 saturated heterocycles. The first kappa shape index (κ1) is 14.6. The molecule has 0 unspecified atom stereocenters. The van der Waals surface area contributed by atoms with Gasteiger partial charge in [0, 0.05) is 24.7 Å². The number of morpholine rings is 1. The summed E-state index contributed by atoms with van der Waals surface area (Å²) >= 11 is 5.89. The largest absolute Gasteiger partial charge is 0.491 e. The fraction of sp³-hybridized carbons (Fsp3) is 0.571. The highest BCUT2D eigenvalue weighted by Gasteiger charge is 2.15. The Kier molecular flexibility index (Phi) is 5.45. The van der Waals surface area contributed by atoms with Gasteiger partial charge in [-0.15, -0.1) is 0 Å². The molecule has 1 N–H and O–H groups in total. The molecule has 1 aliphatic heterocycles. The number of hydrogen-bond acceptors (Lipinski definition) is 4. The molecule has 0 radical (unpaired) electrons. The SMILES string of the molecule is Cc1cc(Cl)ccc1OC[C@H](O)CN1CCOCC1. The number of aryl methyl sites for hydroxylation is 1. The van der Waals surface area contributed by atoms with Crippen LogP contribution in [0.4, 0.5) is 0 Å². The summed E-state index contributed by atoms with van der Waals surface area (Å²) in [7, 11) is 0. The predicted molar refractivity (Wildman–Crippen MR) is 74.9 cm³/mol. The summed E-state index contributed by atoms with van der Waals surface area (Å²) in [4.78, 5) is 2.19. The highest BCUT2D eigenvalue weighted by atomic mass is 35.5.